The van der Waals surface area contributed by atoms with Crippen molar-refractivity contribution in [3.8, 4) is 5.75 Å². The number of benzene rings is 1. The summed E-state index contributed by atoms with van der Waals surface area (Å²) in [5.74, 6) is 0.696. The molecule has 3 heterocycles. The van der Waals surface area contributed by atoms with E-state index < -0.39 is 10.0 Å². The van der Waals surface area contributed by atoms with E-state index in [4.69, 9.17) is 4.74 Å². The van der Waals surface area contributed by atoms with Crippen molar-refractivity contribution in [2.75, 3.05) is 44.7 Å². The molecule has 3 aliphatic heterocycles. The number of carbonyl (C=O) groups excluding carboxylic acids is 1. The fourth-order valence-electron chi connectivity index (χ4n) is 3.95. The smallest absolute Gasteiger partial charge is 0.243 e. The third-order valence-corrected chi connectivity index (χ3v) is 7.54. The first-order valence-corrected chi connectivity index (χ1v) is 10.1. The predicted octanol–water partition coefficient (Wildman–Crippen LogP) is 0.806. The van der Waals surface area contributed by atoms with E-state index in [9.17, 15) is 13.2 Å². The zero-order valence-corrected chi connectivity index (χ0v) is 15.1. The number of piperidine rings is 1. The summed E-state index contributed by atoms with van der Waals surface area (Å²) in [5.41, 5.74) is 0.850. The molecule has 3 aliphatic rings. The highest BCUT2D eigenvalue weighted by atomic mass is 32.2. The van der Waals surface area contributed by atoms with Crippen molar-refractivity contribution in [3.05, 3.63) is 18.2 Å². The van der Waals surface area contributed by atoms with Gasteiger partial charge >= 0.3 is 0 Å². The molecule has 2 fully saturated rings. The number of likely N-dealkylation sites (N-methyl/N-ethyl adjacent to an activating group) is 1. The van der Waals surface area contributed by atoms with E-state index in [0.717, 1.165) is 25.1 Å². The van der Waals surface area contributed by atoms with Crippen LogP contribution in [0.2, 0.25) is 0 Å². The summed E-state index contributed by atoms with van der Waals surface area (Å²) >= 11 is 0. The number of anilines is 1. The van der Waals surface area contributed by atoms with Gasteiger partial charge in [-0.25, -0.2) is 8.42 Å². The largest absolute Gasteiger partial charge is 0.490 e. The fourth-order valence-corrected chi connectivity index (χ4v) is 5.41. The molecular weight excluding hydrogens is 342 g/mol. The maximum Gasteiger partial charge on any atom is 0.243 e. The maximum absolute atomic E-state index is 13.0. The fraction of sp³-hybridized carbons (Fsp3) is 0.588. The van der Waals surface area contributed by atoms with E-state index in [0.29, 0.717) is 38.4 Å². The van der Waals surface area contributed by atoms with Crippen LogP contribution >= 0.6 is 0 Å². The minimum Gasteiger partial charge on any atom is -0.490 e. The molecule has 0 unspecified atom stereocenters. The van der Waals surface area contributed by atoms with Gasteiger partial charge < -0.3 is 15.0 Å². The van der Waals surface area contributed by atoms with E-state index in [1.165, 1.54) is 4.31 Å². The molecule has 7 nitrogen and oxygen atoms in total. The number of rotatable bonds is 2. The number of amides is 1. The number of sulfonamides is 1. The minimum atomic E-state index is -3.54. The molecule has 1 amide bonds. The van der Waals surface area contributed by atoms with Crippen LogP contribution in [0.15, 0.2) is 23.1 Å². The second kappa shape index (κ2) is 5.88. The highest BCUT2D eigenvalue weighted by Gasteiger charge is 2.43. The quantitative estimate of drug-likeness (QED) is 0.839. The Labute approximate surface area is 148 Å². The lowest BCUT2D eigenvalue weighted by Gasteiger charge is -2.37. The number of hydrogen-bond acceptors (Lipinski definition) is 5. The minimum absolute atomic E-state index is 0.0647. The SMILES string of the molecule is CN1CCOc2cc(S(=O)(=O)N3CCC4(CC3)CNC(=O)C4)ccc21. The molecular formula is C17H23N3O4S. The molecule has 0 saturated carbocycles. The molecule has 0 radical (unpaired) electrons. The van der Waals surface area contributed by atoms with Crippen LogP contribution in [-0.2, 0) is 14.8 Å². The van der Waals surface area contributed by atoms with Crippen LogP contribution in [-0.4, -0.2) is 58.5 Å². The van der Waals surface area contributed by atoms with Gasteiger partial charge in [-0.1, -0.05) is 0 Å². The lowest BCUT2D eigenvalue weighted by molar-refractivity contribution is -0.119. The summed E-state index contributed by atoms with van der Waals surface area (Å²) in [5, 5.41) is 2.88. The Morgan fingerprint density at radius 3 is 2.64 bits per heavy atom. The summed E-state index contributed by atoms with van der Waals surface area (Å²) in [6.45, 7) is 2.92. The molecule has 1 aromatic carbocycles. The summed E-state index contributed by atoms with van der Waals surface area (Å²) in [7, 11) is -1.57. The monoisotopic (exact) mass is 365 g/mol. The van der Waals surface area contributed by atoms with Crippen molar-refractivity contribution in [2.45, 2.75) is 24.2 Å². The van der Waals surface area contributed by atoms with E-state index in [2.05, 4.69) is 10.2 Å². The summed E-state index contributed by atoms with van der Waals surface area (Å²) in [6.07, 6.45) is 1.95. The molecule has 0 bridgehead atoms. The second-order valence-electron chi connectivity index (χ2n) is 7.26. The number of nitrogens with zero attached hydrogens (tertiary/aromatic N) is 2. The lowest BCUT2D eigenvalue weighted by atomic mass is 9.78. The number of nitrogens with one attached hydrogen (secondary N) is 1. The van der Waals surface area contributed by atoms with Crippen molar-refractivity contribution in [1.82, 2.24) is 9.62 Å². The first-order chi connectivity index (χ1) is 11.9. The first kappa shape index (κ1) is 16.7. The molecule has 1 spiro atoms. The third-order valence-electron chi connectivity index (χ3n) is 5.64. The van der Waals surface area contributed by atoms with Crippen molar-refractivity contribution < 1.29 is 17.9 Å². The number of ether oxygens (including phenoxy) is 1. The van der Waals surface area contributed by atoms with Gasteiger partial charge in [0.05, 0.1) is 17.1 Å². The van der Waals surface area contributed by atoms with Gasteiger partial charge in [0.15, 0.2) is 0 Å². The molecule has 1 N–H and O–H groups in total. The van der Waals surface area contributed by atoms with E-state index >= 15 is 0 Å². The van der Waals surface area contributed by atoms with E-state index in [1.807, 2.05) is 13.1 Å². The van der Waals surface area contributed by atoms with Crippen LogP contribution in [0.25, 0.3) is 0 Å². The van der Waals surface area contributed by atoms with Crippen LogP contribution in [0.1, 0.15) is 19.3 Å². The number of fused-ring (bicyclic) bond motifs is 1. The summed E-state index contributed by atoms with van der Waals surface area (Å²) < 4.78 is 33.2. The lowest BCUT2D eigenvalue weighted by Crippen LogP contribution is -2.44. The van der Waals surface area contributed by atoms with Gasteiger partial charge in [-0.3, -0.25) is 4.79 Å². The first-order valence-electron chi connectivity index (χ1n) is 8.65. The molecule has 0 aliphatic carbocycles. The Kier molecular flexibility index (Phi) is 3.92. The molecule has 25 heavy (non-hydrogen) atoms. The highest BCUT2D eigenvalue weighted by molar-refractivity contribution is 7.89. The molecule has 0 aromatic heterocycles. The van der Waals surface area contributed by atoms with Gasteiger partial charge in [-0.2, -0.15) is 4.31 Å². The van der Waals surface area contributed by atoms with Crippen molar-refractivity contribution in [1.29, 1.82) is 0 Å². The third kappa shape index (κ3) is 2.87. The number of carbonyl (C=O) groups is 1. The Hall–Kier alpha value is -1.80. The van der Waals surface area contributed by atoms with Crippen LogP contribution in [0.5, 0.6) is 5.75 Å². The zero-order valence-electron chi connectivity index (χ0n) is 14.3. The van der Waals surface area contributed by atoms with Crippen molar-refractivity contribution in [3.63, 3.8) is 0 Å². The van der Waals surface area contributed by atoms with Crippen LogP contribution in [0.4, 0.5) is 5.69 Å². The maximum atomic E-state index is 13.0. The molecule has 1 aromatic rings. The molecule has 4 rings (SSSR count). The molecule has 8 heteroatoms. The predicted molar refractivity (Wildman–Crippen MR) is 93.3 cm³/mol. The van der Waals surface area contributed by atoms with Crippen LogP contribution < -0.4 is 15.0 Å². The molecule has 136 valence electrons. The topological polar surface area (TPSA) is 79.0 Å². The van der Waals surface area contributed by atoms with Gasteiger partial charge in [-0.15, -0.1) is 0 Å². The Balaban J connectivity index is 1.54. The number of hydrogen-bond donors (Lipinski definition) is 1. The van der Waals surface area contributed by atoms with Crippen LogP contribution in [0.3, 0.4) is 0 Å². The van der Waals surface area contributed by atoms with Crippen molar-refractivity contribution in [2.24, 2.45) is 5.41 Å². The van der Waals surface area contributed by atoms with E-state index in [-0.39, 0.29) is 16.2 Å². The van der Waals surface area contributed by atoms with Gasteiger partial charge in [-0.05, 0) is 30.4 Å². The molecule has 2 saturated heterocycles. The van der Waals surface area contributed by atoms with Gasteiger partial charge in [0.25, 0.3) is 0 Å². The molecule has 0 atom stereocenters. The second-order valence-corrected chi connectivity index (χ2v) is 9.20. The summed E-state index contributed by atoms with van der Waals surface area (Å²) in [4.78, 5) is 13.9. The Bertz CT molecular complexity index is 800. The zero-order chi connectivity index (χ0) is 17.7. The summed E-state index contributed by atoms with van der Waals surface area (Å²) in [6, 6.07) is 5.10. The van der Waals surface area contributed by atoms with Gasteiger partial charge in [0.1, 0.15) is 12.4 Å². The highest BCUT2D eigenvalue weighted by Crippen LogP contribution is 2.40. The standard InChI is InChI=1S/C17H23N3O4S/c1-19-8-9-24-15-10-13(2-3-14(15)19)25(22,23)20-6-4-17(5-7-20)11-16(21)18-12-17/h2-3,10H,4-9,11-12H2,1H3,(H,18,21). The van der Waals surface area contributed by atoms with Gasteiger partial charge in [0.2, 0.25) is 15.9 Å². The van der Waals surface area contributed by atoms with Gasteiger partial charge in [0, 0.05) is 39.2 Å². The average Bonchev–Trinajstić information content (AvgIpc) is 2.95. The van der Waals surface area contributed by atoms with Crippen molar-refractivity contribution >= 4 is 21.6 Å². The normalized spacial score (nSPS) is 23.2. The average molecular weight is 365 g/mol. The van der Waals surface area contributed by atoms with Crippen LogP contribution in [0, 0.1) is 5.41 Å². The Morgan fingerprint density at radius 2 is 1.96 bits per heavy atom. The Morgan fingerprint density at radius 1 is 1.20 bits per heavy atom. The van der Waals surface area contributed by atoms with E-state index in [1.54, 1.807) is 12.1 Å².